The number of nitrogens with zero attached hydrogens (tertiary/aromatic N) is 3. The molecule has 1 aliphatic rings. The molecule has 1 aromatic heterocycles. The van der Waals surface area contributed by atoms with Crippen LogP contribution in [0.4, 0.5) is 0 Å². The van der Waals surface area contributed by atoms with Gasteiger partial charge in [-0.15, -0.1) is 0 Å². The second-order valence-electron chi connectivity index (χ2n) is 4.19. The van der Waals surface area contributed by atoms with Crippen molar-refractivity contribution in [3.05, 3.63) is 12.2 Å². The van der Waals surface area contributed by atoms with Crippen molar-refractivity contribution in [3.8, 4) is 0 Å². The summed E-state index contributed by atoms with van der Waals surface area (Å²) in [6, 6.07) is 0.420. The van der Waals surface area contributed by atoms with E-state index in [9.17, 15) is 0 Å². The van der Waals surface area contributed by atoms with Crippen LogP contribution in [0.15, 0.2) is 6.33 Å². The van der Waals surface area contributed by atoms with Gasteiger partial charge in [0.1, 0.15) is 12.2 Å². The van der Waals surface area contributed by atoms with Gasteiger partial charge in [-0.05, 0) is 31.6 Å². The Morgan fingerprint density at radius 2 is 2.43 bits per heavy atom. The summed E-state index contributed by atoms with van der Waals surface area (Å²) in [6.45, 7) is 0. The zero-order chi connectivity index (χ0) is 9.97. The van der Waals surface area contributed by atoms with Gasteiger partial charge in [-0.3, -0.25) is 4.68 Å². The van der Waals surface area contributed by atoms with Crippen molar-refractivity contribution in [2.45, 2.75) is 38.1 Å². The average Bonchev–Trinajstić information content (AvgIpc) is 2.93. The van der Waals surface area contributed by atoms with Crippen LogP contribution >= 0.6 is 0 Å². The van der Waals surface area contributed by atoms with Crippen molar-refractivity contribution in [3.63, 3.8) is 0 Å². The van der Waals surface area contributed by atoms with E-state index < -0.39 is 0 Å². The van der Waals surface area contributed by atoms with Gasteiger partial charge in [0.05, 0.1) is 0 Å². The Labute approximate surface area is 84.5 Å². The van der Waals surface area contributed by atoms with Gasteiger partial charge in [-0.1, -0.05) is 0 Å². The highest BCUT2D eigenvalue weighted by molar-refractivity contribution is 4.87. The predicted octanol–water partition coefficient (Wildman–Crippen LogP) is 0.875. The highest BCUT2D eigenvalue weighted by Crippen LogP contribution is 2.33. The third kappa shape index (κ3) is 2.32. The highest BCUT2D eigenvalue weighted by atomic mass is 15.3. The van der Waals surface area contributed by atoms with Crippen LogP contribution in [-0.2, 0) is 13.5 Å². The normalized spacial score (nSPS) is 18.4. The quantitative estimate of drug-likeness (QED) is 0.757. The van der Waals surface area contributed by atoms with Gasteiger partial charge < -0.3 is 5.73 Å². The van der Waals surface area contributed by atoms with E-state index in [1.54, 1.807) is 6.33 Å². The topological polar surface area (TPSA) is 56.7 Å². The zero-order valence-electron chi connectivity index (χ0n) is 8.69. The molecule has 1 aromatic rings. The maximum absolute atomic E-state index is 6.01. The number of hydrogen-bond acceptors (Lipinski definition) is 3. The second-order valence-corrected chi connectivity index (χ2v) is 4.19. The average molecular weight is 194 g/mol. The first-order valence-electron chi connectivity index (χ1n) is 5.36. The molecule has 14 heavy (non-hydrogen) atoms. The monoisotopic (exact) mass is 194 g/mol. The summed E-state index contributed by atoms with van der Waals surface area (Å²) in [5.41, 5.74) is 6.01. The third-order valence-electron chi connectivity index (χ3n) is 2.97. The van der Waals surface area contributed by atoms with E-state index in [1.165, 1.54) is 12.8 Å². The standard InChI is InChI=1S/C10H18N4/c1-14-10(12-7-13-14)4-2-3-9(11)8-5-6-8/h7-9H,2-6,11H2,1H3. The van der Waals surface area contributed by atoms with E-state index in [2.05, 4.69) is 10.1 Å². The van der Waals surface area contributed by atoms with Gasteiger partial charge in [-0.2, -0.15) is 5.10 Å². The van der Waals surface area contributed by atoms with Crippen LogP contribution < -0.4 is 5.73 Å². The van der Waals surface area contributed by atoms with Crippen molar-refractivity contribution in [1.29, 1.82) is 0 Å². The first kappa shape index (κ1) is 9.65. The van der Waals surface area contributed by atoms with Crippen molar-refractivity contribution in [2.24, 2.45) is 18.7 Å². The lowest BCUT2D eigenvalue weighted by atomic mass is 10.1. The van der Waals surface area contributed by atoms with Gasteiger partial charge in [-0.25, -0.2) is 4.98 Å². The fourth-order valence-corrected chi connectivity index (χ4v) is 1.80. The molecule has 0 spiro atoms. The lowest BCUT2D eigenvalue weighted by molar-refractivity contribution is 0.519. The molecule has 0 saturated heterocycles. The van der Waals surface area contributed by atoms with Crippen molar-refractivity contribution in [1.82, 2.24) is 14.8 Å². The summed E-state index contributed by atoms with van der Waals surface area (Å²) in [4.78, 5) is 4.18. The van der Waals surface area contributed by atoms with Gasteiger partial charge >= 0.3 is 0 Å². The molecule has 1 heterocycles. The lowest BCUT2D eigenvalue weighted by Crippen LogP contribution is -2.22. The minimum Gasteiger partial charge on any atom is -0.327 e. The molecule has 0 aromatic carbocycles. The summed E-state index contributed by atoms with van der Waals surface area (Å²) in [5.74, 6) is 1.88. The lowest BCUT2D eigenvalue weighted by Gasteiger charge is -2.08. The molecule has 1 atom stereocenters. The Morgan fingerprint density at radius 1 is 1.64 bits per heavy atom. The molecule has 78 valence electrons. The van der Waals surface area contributed by atoms with E-state index in [1.807, 2.05) is 11.7 Å². The van der Waals surface area contributed by atoms with E-state index >= 15 is 0 Å². The molecular weight excluding hydrogens is 176 g/mol. The Kier molecular flexibility index (Phi) is 2.82. The number of aryl methyl sites for hydroxylation is 2. The van der Waals surface area contributed by atoms with Crippen LogP contribution in [0.2, 0.25) is 0 Å². The maximum Gasteiger partial charge on any atom is 0.138 e. The van der Waals surface area contributed by atoms with E-state index in [0.29, 0.717) is 6.04 Å². The fourth-order valence-electron chi connectivity index (χ4n) is 1.80. The van der Waals surface area contributed by atoms with Crippen molar-refractivity contribution >= 4 is 0 Å². The molecule has 1 fully saturated rings. The van der Waals surface area contributed by atoms with Crippen molar-refractivity contribution < 1.29 is 0 Å². The van der Waals surface area contributed by atoms with Gasteiger partial charge in [0, 0.05) is 19.5 Å². The van der Waals surface area contributed by atoms with Crippen LogP contribution in [0, 0.1) is 5.92 Å². The van der Waals surface area contributed by atoms with Crippen LogP contribution in [0.3, 0.4) is 0 Å². The molecule has 0 aliphatic heterocycles. The van der Waals surface area contributed by atoms with E-state index in [0.717, 1.165) is 31.0 Å². The first-order valence-corrected chi connectivity index (χ1v) is 5.36. The highest BCUT2D eigenvalue weighted by Gasteiger charge is 2.27. The van der Waals surface area contributed by atoms with Crippen LogP contribution in [0.25, 0.3) is 0 Å². The fraction of sp³-hybridized carbons (Fsp3) is 0.800. The van der Waals surface area contributed by atoms with Gasteiger partial charge in [0.15, 0.2) is 0 Å². The summed E-state index contributed by atoms with van der Waals surface area (Å²) in [6.07, 6.45) is 7.53. The smallest absolute Gasteiger partial charge is 0.138 e. The largest absolute Gasteiger partial charge is 0.327 e. The summed E-state index contributed by atoms with van der Waals surface area (Å²) < 4.78 is 1.84. The summed E-state index contributed by atoms with van der Waals surface area (Å²) >= 11 is 0. The first-order chi connectivity index (χ1) is 6.77. The predicted molar refractivity (Wildman–Crippen MR) is 54.6 cm³/mol. The van der Waals surface area contributed by atoms with Crippen molar-refractivity contribution in [2.75, 3.05) is 0 Å². The van der Waals surface area contributed by atoms with Gasteiger partial charge in [0.2, 0.25) is 0 Å². The molecule has 0 amide bonds. The second kappa shape index (κ2) is 4.09. The molecule has 2 rings (SSSR count). The Balaban J connectivity index is 1.69. The molecule has 4 nitrogen and oxygen atoms in total. The van der Waals surface area contributed by atoms with Gasteiger partial charge in [0.25, 0.3) is 0 Å². The number of rotatable bonds is 5. The number of nitrogens with two attached hydrogens (primary N) is 1. The third-order valence-corrected chi connectivity index (χ3v) is 2.97. The van der Waals surface area contributed by atoms with E-state index in [-0.39, 0.29) is 0 Å². The molecule has 1 saturated carbocycles. The number of aromatic nitrogens is 3. The Morgan fingerprint density at radius 3 is 3.00 bits per heavy atom. The maximum atomic E-state index is 6.01. The number of hydrogen-bond donors (Lipinski definition) is 1. The van der Waals surface area contributed by atoms with Crippen LogP contribution in [-0.4, -0.2) is 20.8 Å². The molecular formula is C10H18N4. The Bertz CT molecular complexity index is 290. The van der Waals surface area contributed by atoms with Crippen LogP contribution in [0.5, 0.6) is 0 Å². The molecule has 0 bridgehead atoms. The molecule has 1 aliphatic carbocycles. The SMILES string of the molecule is Cn1ncnc1CCCC(N)C1CC1. The Hall–Kier alpha value is -0.900. The zero-order valence-corrected chi connectivity index (χ0v) is 8.69. The minimum absolute atomic E-state index is 0.420. The molecule has 1 unspecified atom stereocenters. The summed E-state index contributed by atoms with van der Waals surface area (Å²) in [7, 11) is 1.93. The van der Waals surface area contributed by atoms with Crippen LogP contribution in [0.1, 0.15) is 31.5 Å². The minimum atomic E-state index is 0.420. The molecule has 4 heteroatoms. The van der Waals surface area contributed by atoms with E-state index in [4.69, 9.17) is 5.73 Å². The molecule has 0 radical (unpaired) electrons. The summed E-state index contributed by atoms with van der Waals surface area (Å²) in [5, 5.41) is 4.04. The molecule has 2 N–H and O–H groups in total.